The fourth-order valence-electron chi connectivity index (χ4n) is 1.39. The molecule has 0 saturated carbocycles. The van der Waals surface area contributed by atoms with Crippen LogP contribution in [0.4, 0.5) is 19.0 Å². The number of hydrogen-bond acceptors (Lipinski definition) is 4. The Hall–Kier alpha value is -0.660. The van der Waals surface area contributed by atoms with Crippen molar-refractivity contribution in [2.75, 3.05) is 23.9 Å². The van der Waals surface area contributed by atoms with E-state index in [0.29, 0.717) is 5.75 Å². The van der Waals surface area contributed by atoms with Crippen LogP contribution in [0, 0.1) is 0 Å². The standard InChI is InChI=1S/C11H14ClF3N2OS/c1-10(18,6-19-2)5-16-9-4-7(11(13,14)15)3-8(12)17-9/h3-4,18H,5-6H2,1-2H3,(H,16,17). The minimum atomic E-state index is -4.48. The summed E-state index contributed by atoms with van der Waals surface area (Å²) in [7, 11) is 0. The number of anilines is 1. The molecule has 0 aliphatic heterocycles. The molecule has 108 valence electrons. The first kappa shape index (κ1) is 16.4. The number of rotatable bonds is 5. The summed E-state index contributed by atoms with van der Waals surface area (Å²) in [6.45, 7) is 1.67. The molecular formula is C11H14ClF3N2OS. The molecule has 19 heavy (non-hydrogen) atoms. The van der Waals surface area contributed by atoms with E-state index in [1.165, 1.54) is 11.8 Å². The zero-order chi connectivity index (χ0) is 14.7. The Morgan fingerprint density at radius 1 is 1.42 bits per heavy atom. The van der Waals surface area contributed by atoms with Crippen LogP contribution in [-0.2, 0) is 6.18 Å². The lowest BCUT2D eigenvalue weighted by Crippen LogP contribution is -2.36. The van der Waals surface area contributed by atoms with E-state index < -0.39 is 17.3 Å². The highest BCUT2D eigenvalue weighted by molar-refractivity contribution is 7.98. The maximum atomic E-state index is 12.6. The van der Waals surface area contributed by atoms with Crippen LogP contribution in [-0.4, -0.2) is 34.2 Å². The molecular weight excluding hydrogens is 301 g/mol. The molecule has 0 fully saturated rings. The van der Waals surface area contributed by atoms with Crippen LogP contribution in [0.2, 0.25) is 5.15 Å². The van der Waals surface area contributed by atoms with E-state index in [-0.39, 0.29) is 17.5 Å². The third-order valence-corrected chi connectivity index (χ3v) is 3.33. The monoisotopic (exact) mass is 314 g/mol. The first-order chi connectivity index (χ1) is 8.64. The summed E-state index contributed by atoms with van der Waals surface area (Å²) in [5.41, 5.74) is -1.92. The van der Waals surface area contributed by atoms with Crippen LogP contribution in [0.25, 0.3) is 0 Å². The molecule has 1 aromatic heterocycles. The van der Waals surface area contributed by atoms with Crippen LogP contribution >= 0.6 is 23.4 Å². The van der Waals surface area contributed by atoms with Crippen molar-refractivity contribution in [3.05, 3.63) is 22.8 Å². The van der Waals surface area contributed by atoms with Crippen LogP contribution in [0.3, 0.4) is 0 Å². The lowest BCUT2D eigenvalue weighted by molar-refractivity contribution is -0.137. The summed E-state index contributed by atoms with van der Waals surface area (Å²) in [4.78, 5) is 3.75. The Bertz CT molecular complexity index is 440. The molecule has 2 N–H and O–H groups in total. The molecule has 1 aromatic rings. The first-order valence-corrected chi connectivity index (χ1v) is 7.11. The molecule has 0 radical (unpaired) electrons. The minimum absolute atomic E-state index is 0.0128. The van der Waals surface area contributed by atoms with Gasteiger partial charge in [0.25, 0.3) is 0 Å². The summed E-state index contributed by atoms with van der Waals surface area (Å²) in [5, 5.41) is 12.3. The molecule has 8 heteroatoms. The number of pyridine rings is 1. The zero-order valence-corrected chi connectivity index (χ0v) is 12.0. The van der Waals surface area contributed by atoms with Gasteiger partial charge in [-0.25, -0.2) is 4.98 Å². The Balaban J connectivity index is 2.82. The third-order valence-electron chi connectivity index (χ3n) is 2.23. The number of aromatic nitrogens is 1. The molecule has 0 amide bonds. The SMILES string of the molecule is CSCC(C)(O)CNc1cc(C(F)(F)F)cc(Cl)n1. The number of nitrogens with zero attached hydrogens (tertiary/aromatic N) is 1. The van der Waals surface area contributed by atoms with Crippen molar-refractivity contribution < 1.29 is 18.3 Å². The third kappa shape index (κ3) is 5.46. The van der Waals surface area contributed by atoms with Gasteiger partial charge in [0.05, 0.1) is 11.2 Å². The van der Waals surface area contributed by atoms with Crippen molar-refractivity contribution in [1.82, 2.24) is 4.98 Å². The molecule has 1 rings (SSSR count). The zero-order valence-electron chi connectivity index (χ0n) is 10.4. The van der Waals surface area contributed by atoms with Gasteiger partial charge in [-0.05, 0) is 25.3 Å². The van der Waals surface area contributed by atoms with Crippen molar-refractivity contribution >= 4 is 29.2 Å². The summed E-state index contributed by atoms with van der Waals surface area (Å²) in [5.74, 6) is 0.438. The summed E-state index contributed by atoms with van der Waals surface area (Å²) in [6, 6.07) is 1.62. The average Bonchev–Trinajstić information content (AvgIpc) is 2.24. The van der Waals surface area contributed by atoms with Gasteiger partial charge in [-0.2, -0.15) is 24.9 Å². The van der Waals surface area contributed by atoms with Gasteiger partial charge in [0.1, 0.15) is 11.0 Å². The maximum Gasteiger partial charge on any atom is 0.416 e. The predicted molar refractivity (Wildman–Crippen MR) is 71.7 cm³/mol. The lowest BCUT2D eigenvalue weighted by Gasteiger charge is -2.23. The fraction of sp³-hybridized carbons (Fsp3) is 0.545. The molecule has 0 aliphatic rings. The second-order valence-electron chi connectivity index (χ2n) is 4.35. The van der Waals surface area contributed by atoms with Crippen LogP contribution < -0.4 is 5.32 Å². The van der Waals surface area contributed by atoms with E-state index in [4.69, 9.17) is 11.6 Å². The molecule has 0 aliphatic carbocycles. The van der Waals surface area contributed by atoms with Gasteiger partial charge in [0.15, 0.2) is 0 Å². The molecule has 1 heterocycles. The molecule has 1 atom stereocenters. The Kier molecular flexibility index (Phi) is 5.34. The molecule has 0 saturated heterocycles. The molecule has 0 bridgehead atoms. The maximum absolute atomic E-state index is 12.6. The molecule has 1 unspecified atom stereocenters. The van der Waals surface area contributed by atoms with Gasteiger partial charge in [0, 0.05) is 12.3 Å². The summed E-state index contributed by atoms with van der Waals surface area (Å²) in [6.07, 6.45) is -2.65. The number of alkyl halides is 3. The van der Waals surface area contributed by atoms with Gasteiger partial charge < -0.3 is 10.4 Å². The van der Waals surface area contributed by atoms with Crippen LogP contribution in [0.15, 0.2) is 12.1 Å². The van der Waals surface area contributed by atoms with E-state index in [0.717, 1.165) is 12.1 Å². The van der Waals surface area contributed by atoms with Crippen LogP contribution in [0.5, 0.6) is 0 Å². The van der Waals surface area contributed by atoms with E-state index in [1.54, 1.807) is 6.92 Å². The summed E-state index contributed by atoms with van der Waals surface area (Å²) < 4.78 is 37.7. The van der Waals surface area contributed by atoms with Crippen molar-refractivity contribution in [2.24, 2.45) is 0 Å². The van der Waals surface area contributed by atoms with E-state index in [1.807, 2.05) is 6.26 Å². The topological polar surface area (TPSA) is 45.1 Å². The fourth-order valence-corrected chi connectivity index (χ4v) is 2.33. The highest BCUT2D eigenvalue weighted by Crippen LogP contribution is 2.32. The van der Waals surface area contributed by atoms with Gasteiger partial charge in [-0.1, -0.05) is 11.6 Å². The smallest absolute Gasteiger partial charge is 0.387 e. The van der Waals surface area contributed by atoms with Crippen LogP contribution in [0.1, 0.15) is 12.5 Å². The lowest BCUT2D eigenvalue weighted by atomic mass is 10.1. The quantitative estimate of drug-likeness (QED) is 0.819. The van der Waals surface area contributed by atoms with Crippen molar-refractivity contribution in [3.8, 4) is 0 Å². The highest BCUT2D eigenvalue weighted by Gasteiger charge is 2.31. The second-order valence-corrected chi connectivity index (χ2v) is 5.60. The first-order valence-electron chi connectivity index (χ1n) is 5.34. The second kappa shape index (κ2) is 6.19. The Morgan fingerprint density at radius 2 is 2.05 bits per heavy atom. The van der Waals surface area contributed by atoms with Gasteiger partial charge in [0.2, 0.25) is 0 Å². The number of thioether (sulfide) groups is 1. The van der Waals surface area contributed by atoms with Gasteiger partial charge in [-0.15, -0.1) is 0 Å². The van der Waals surface area contributed by atoms with Crippen molar-refractivity contribution in [1.29, 1.82) is 0 Å². The largest absolute Gasteiger partial charge is 0.416 e. The molecule has 0 spiro atoms. The van der Waals surface area contributed by atoms with E-state index in [2.05, 4.69) is 10.3 Å². The average molecular weight is 315 g/mol. The number of halogens is 4. The van der Waals surface area contributed by atoms with E-state index in [9.17, 15) is 18.3 Å². The normalized spacial score (nSPS) is 15.1. The van der Waals surface area contributed by atoms with Crippen molar-refractivity contribution in [3.63, 3.8) is 0 Å². The van der Waals surface area contributed by atoms with Crippen molar-refractivity contribution in [2.45, 2.75) is 18.7 Å². The number of aliphatic hydroxyl groups is 1. The van der Waals surface area contributed by atoms with E-state index >= 15 is 0 Å². The minimum Gasteiger partial charge on any atom is -0.387 e. The molecule has 0 aromatic carbocycles. The molecule has 3 nitrogen and oxygen atoms in total. The number of hydrogen-bond donors (Lipinski definition) is 2. The van der Waals surface area contributed by atoms with Gasteiger partial charge in [-0.3, -0.25) is 0 Å². The Morgan fingerprint density at radius 3 is 2.58 bits per heavy atom. The Labute approximate surface area is 118 Å². The predicted octanol–water partition coefficient (Wildman–Crippen LogP) is 3.28. The summed E-state index contributed by atoms with van der Waals surface area (Å²) >= 11 is 6.99. The highest BCUT2D eigenvalue weighted by atomic mass is 35.5. The van der Waals surface area contributed by atoms with Gasteiger partial charge >= 0.3 is 6.18 Å². The number of nitrogens with one attached hydrogen (secondary N) is 1.